The van der Waals surface area contributed by atoms with Gasteiger partial charge in [-0.3, -0.25) is 4.79 Å². The molecule has 0 radical (unpaired) electrons. The molecular weight excluding hydrogens is 408 g/mol. The lowest BCUT2D eigenvalue weighted by atomic mass is 10.1. The van der Waals surface area contributed by atoms with Gasteiger partial charge in [0.1, 0.15) is 31.3 Å². The molecule has 0 unspecified atom stereocenters. The lowest BCUT2D eigenvalue weighted by Crippen LogP contribution is -2.23. The second-order valence-electron chi connectivity index (χ2n) is 6.90. The number of nitrogens with one attached hydrogen (secondary N) is 1. The van der Waals surface area contributed by atoms with E-state index in [0.29, 0.717) is 54.2 Å². The van der Waals surface area contributed by atoms with E-state index in [2.05, 4.69) is 10.5 Å². The molecule has 2 heterocycles. The van der Waals surface area contributed by atoms with Crippen LogP contribution in [0.25, 0.3) is 0 Å². The van der Waals surface area contributed by atoms with Crippen LogP contribution in [-0.4, -0.2) is 24.3 Å². The highest BCUT2D eigenvalue weighted by atomic mass is 35.5. The zero-order valence-electron chi connectivity index (χ0n) is 16.7. The minimum absolute atomic E-state index is 0.196. The molecule has 8 heteroatoms. The highest BCUT2D eigenvalue weighted by Gasteiger charge is 2.17. The van der Waals surface area contributed by atoms with E-state index in [4.69, 9.17) is 30.3 Å². The number of fused-ring (bicyclic) bond motifs is 1. The Morgan fingerprint density at radius 2 is 1.93 bits per heavy atom. The summed E-state index contributed by atoms with van der Waals surface area (Å²) in [4.78, 5) is 12.5. The van der Waals surface area contributed by atoms with Gasteiger partial charge in [-0.2, -0.15) is 0 Å². The first kappa shape index (κ1) is 20.1. The maximum absolute atomic E-state index is 12.5. The van der Waals surface area contributed by atoms with Crippen molar-refractivity contribution in [2.24, 2.45) is 0 Å². The smallest absolute Gasteiger partial charge is 0.251 e. The number of aryl methyl sites for hydroxylation is 2. The van der Waals surface area contributed by atoms with Crippen molar-refractivity contribution >= 4 is 17.5 Å². The monoisotopic (exact) mass is 428 g/mol. The fraction of sp³-hybridized carbons (Fsp3) is 0.273. The van der Waals surface area contributed by atoms with Crippen molar-refractivity contribution in [1.82, 2.24) is 10.5 Å². The molecule has 0 fully saturated rings. The summed E-state index contributed by atoms with van der Waals surface area (Å²) < 4.78 is 22.0. The zero-order chi connectivity index (χ0) is 21.1. The Labute approximate surface area is 178 Å². The first-order valence-corrected chi connectivity index (χ1v) is 9.90. The van der Waals surface area contributed by atoms with Crippen LogP contribution in [0.4, 0.5) is 0 Å². The summed E-state index contributed by atoms with van der Waals surface area (Å²) in [5.74, 6) is 2.34. The first-order valence-electron chi connectivity index (χ1n) is 9.52. The minimum atomic E-state index is -0.196. The van der Waals surface area contributed by atoms with Gasteiger partial charge in [-0.1, -0.05) is 16.8 Å². The van der Waals surface area contributed by atoms with Crippen molar-refractivity contribution in [3.8, 4) is 17.2 Å². The third-order valence-corrected chi connectivity index (χ3v) is 5.07. The number of hydrogen-bond donors (Lipinski definition) is 1. The summed E-state index contributed by atoms with van der Waals surface area (Å²) in [6.07, 6.45) is 0. The quantitative estimate of drug-likeness (QED) is 0.632. The van der Waals surface area contributed by atoms with Gasteiger partial charge >= 0.3 is 0 Å². The van der Waals surface area contributed by atoms with Crippen LogP contribution in [0.1, 0.15) is 32.9 Å². The molecular formula is C22H21ClN2O5. The lowest BCUT2D eigenvalue weighted by Gasteiger charge is -2.20. The Kier molecular flexibility index (Phi) is 5.81. The molecule has 4 rings (SSSR count). The summed E-state index contributed by atoms with van der Waals surface area (Å²) in [6.45, 7) is 5.35. The Morgan fingerprint density at radius 3 is 2.67 bits per heavy atom. The molecule has 0 saturated carbocycles. The van der Waals surface area contributed by atoms with Crippen LogP contribution >= 0.6 is 11.6 Å². The fourth-order valence-corrected chi connectivity index (χ4v) is 3.40. The third-order valence-electron chi connectivity index (χ3n) is 4.79. The van der Waals surface area contributed by atoms with Crippen LogP contribution < -0.4 is 19.5 Å². The van der Waals surface area contributed by atoms with E-state index in [1.807, 2.05) is 19.9 Å². The second-order valence-corrected chi connectivity index (χ2v) is 7.31. The van der Waals surface area contributed by atoms with E-state index in [0.717, 1.165) is 22.6 Å². The predicted molar refractivity (Wildman–Crippen MR) is 110 cm³/mol. The van der Waals surface area contributed by atoms with Gasteiger partial charge in [0.2, 0.25) is 0 Å². The topological polar surface area (TPSA) is 82.8 Å². The van der Waals surface area contributed by atoms with Gasteiger partial charge in [-0.25, -0.2) is 0 Å². The maximum Gasteiger partial charge on any atom is 0.251 e. The molecule has 0 aliphatic carbocycles. The van der Waals surface area contributed by atoms with E-state index in [9.17, 15) is 4.79 Å². The van der Waals surface area contributed by atoms with E-state index in [1.165, 1.54) is 0 Å². The van der Waals surface area contributed by atoms with Crippen molar-refractivity contribution in [3.63, 3.8) is 0 Å². The number of halogens is 1. The summed E-state index contributed by atoms with van der Waals surface area (Å²) in [6, 6.07) is 10.5. The van der Waals surface area contributed by atoms with Crippen molar-refractivity contribution in [2.45, 2.75) is 27.0 Å². The van der Waals surface area contributed by atoms with Gasteiger partial charge < -0.3 is 24.1 Å². The number of carbonyl (C=O) groups excluding carboxylic acids is 1. The number of nitrogens with zero attached hydrogens (tertiary/aromatic N) is 1. The normalized spacial score (nSPS) is 12.5. The largest absolute Gasteiger partial charge is 0.489 e. The molecule has 30 heavy (non-hydrogen) atoms. The fourth-order valence-electron chi connectivity index (χ4n) is 3.12. The standard InChI is InChI=1S/C22H21ClN2O5/c1-13-18(14(2)30-25-13)12-29-17-5-3-16(4-6-17)22(26)24-11-15-9-19(23)21-20(10-15)27-7-8-28-21/h3-6,9-10H,7-8,11-12H2,1-2H3,(H,24,26). The first-order chi connectivity index (χ1) is 14.5. The highest BCUT2D eigenvalue weighted by molar-refractivity contribution is 6.32. The van der Waals surface area contributed by atoms with E-state index in [1.54, 1.807) is 30.3 Å². The molecule has 0 spiro atoms. The van der Waals surface area contributed by atoms with Crippen LogP contribution in [0.5, 0.6) is 17.2 Å². The number of amides is 1. The van der Waals surface area contributed by atoms with Crippen LogP contribution in [0.2, 0.25) is 5.02 Å². The van der Waals surface area contributed by atoms with Crippen LogP contribution in [0.15, 0.2) is 40.9 Å². The number of benzene rings is 2. The van der Waals surface area contributed by atoms with E-state index < -0.39 is 0 Å². The Balaban J connectivity index is 1.34. The van der Waals surface area contributed by atoms with Gasteiger partial charge in [0.25, 0.3) is 5.91 Å². The molecule has 1 aromatic heterocycles. The van der Waals surface area contributed by atoms with Crippen LogP contribution in [0.3, 0.4) is 0 Å². The predicted octanol–water partition coefficient (Wildman–Crippen LogP) is 4.23. The molecule has 0 saturated heterocycles. The van der Waals surface area contributed by atoms with Crippen molar-refractivity contribution in [2.75, 3.05) is 13.2 Å². The van der Waals surface area contributed by atoms with Gasteiger partial charge in [0.05, 0.1) is 16.3 Å². The van der Waals surface area contributed by atoms with E-state index in [-0.39, 0.29) is 5.91 Å². The molecule has 156 valence electrons. The summed E-state index contributed by atoms with van der Waals surface area (Å²) in [5, 5.41) is 7.26. The van der Waals surface area contributed by atoms with Gasteiger partial charge in [0.15, 0.2) is 11.5 Å². The number of aromatic nitrogens is 1. The Hall–Kier alpha value is -3.19. The zero-order valence-corrected chi connectivity index (χ0v) is 17.4. The van der Waals surface area contributed by atoms with Gasteiger partial charge in [-0.15, -0.1) is 0 Å². The van der Waals surface area contributed by atoms with Crippen molar-refractivity contribution < 1.29 is 23.5 Å². The maximum atomic E-state index is 12.5. The van der Waals surface area contributed by atoms with Crippen LogP contribution in [0, 0.1) is 13.8 Å². The molecule has 0 atom stereocenters. The molecule has 1 aliphatic rings. The molecule has 3 aromatic rings. The minimum Gasteiger partial charge on any atom is -0.489 e. The SMILES string of the molecule is Cc1noc(C)c1COc1ccc(C(=O)NCc2cc(Cl)c3c(c2)OCCO3)cc1. The highest BCUT2D eigenvalue weighted by Crippen LogP contribution is 2.38. The average Bonchev–Trinajstić information content (AvgIpc) is 3.08. The molecule has 2 aromatic carbocycles. The average molecular weight is 429 g/mol. The molecule has 1 N–H and O–H groups in total. The summed E-state index contributed by atoms with van der Waals surface area (Å²) in [5.41, 5.74) is 3.10. The summed E-state index contributed by atoms with van der Waals surface area (Å²) in [7, 11) is 0. The van der Waals surface area contributed by atoms with Crippen LogP contribution in [-0.2, 0) is 13.2 Å². The Morgan fingerprint density at radius 1 is 1.17 bits per heavy atom. The molecule has 7 nitrogen and oxygen atoms in total. The van der Waals surface area contributed by atoms with Crippen molar-refractivity contribution in [3.05, 3.63) is 69.6 Å². The van der Waals surface area contributed by atoms with Gasteiger partial charge in [-0.05, 0) is 55.8 Å². The molecule has 1 aliphatic heterocycles. The third kappa shape index (κ3) is 4.36. The van der Waals surface area contributed by atoms with Gasteiger partial charge in [0, 0.05) is 12.1 Å². The van der Waals surface area contributed by atoms with Crippen molar-refractivity contribution in [1.29, 1.82) is 0 Å². The molecule has 0 bridgehead atoms. The number of rotatable bonds is 6. The number of ether oxygens (including phenoxy) is 3. The lowest BCUT2D eigenvalue weighted by molar-refractivity contribution is 0.0950. The number of hydrogen-bond acceptors (Lipinski definition) is 6. The molecule has 1 amide bonds. The number of carbonyl (C=O) groups is 1. The Bertz CT molecular complexity index is 1040. The van der Waals surface area contributed by atoms with E-state index >= 15 is 0 Å². The summed E-state index contributed by atoms with van der Waals surface area (Å²) >= 11 is 6.24. The second kappa shape index (κ2) is 8.67.